The van der Waals surface area contributed by atoms with Crippen molar-refractivity contribution >= 4 is 0 Å². The van der Waals surface area contributed by atoms with E-state index in [4.69, 9.17) is 0 Å². The van der Waals surface area contributed by atoms with Gasteiger partial charge in [-0.2, -0.15) is 0 Å². The maximum Gasteiger partial charge on any atom is 0.0543 e. The van der Waals surface area contributed by atoms with E-state index in [0.29, 0.717) is 10.8 Å². The van der Waals surface area contributed by atoms with Gasteiger partial charge in [0, 0.05) is 0 Å². The fraction of sp³-hybridized carbons (Fsp3) is 0.929. The zero-order valence-electron chi connectivity index (χ0n) is 20.3. The first-order valence-corrected chi connectivity index (χ1v) is 13.1. The van der Waals surface area contributed by atoms with Crippen molar-refractivity contribution in [3.8, 4) is 0 Å². The van der Waals surface area contributed by atoms with Crippen LogP contribution in [0.5, 0.6) is 0 Å². The lowest BCUT2D eigenvalue weighted by atomic mass is 9.49. The third-order valence-electron chi connectivity index (χ3n) is 10.9. The Morgan fingerprint density at radius 3 is 2.41 bits per heavy atom. The number of aliphatic hydroxyl groups is 1. The molecule has 1 N–H and O–H groups in total. The highest BCUT2D eigenvalue weighted by Crippen LogP contribution is 2.65. The standard InChI is InChI=1S/C28H48O/c1-18(2)19(3)7-8-20(4)24-11-12-25-23-10-9-21-17-22(29)13-15-27(21,5)26(23)14-16-28(24,25)6/h18-22,24,26,29H,7-17H2,1-6H3/t19-,20-,21+,22+,24-,26+,27+,28-/m1/s1. The number of fused-ring (bicyclic) bond motifs is 4. The molecule has 0 unspecified atom stereocenters. The molecule has 0 bridgehead atoms. The molecule has 4 aliphatic carbocycles. The largest absolute Gasteiger partial charge is 0.393 e. The molecule has 0 aromatic heterocycles. The minimum atomic E-state index is -0.0268. The van der Waals surface area contributed by atoms with Crippen molar-refractivity contribution in [2.45, 2.75) is 118 Å². The highest BCUT2D eigenvalue weighted by atomic mass is 16.3. The van der Waals surface area contributed by atoms with Crippen LogP contribution >= 0.6 is 0 Å². The molecular formula is C28H48O. The topological polar surface area (TPSA) is 20.2 Å². The Morgan fingerprint density at radius 2 is 1.69 bits per heavy atom. The van der Waals surface area contributed by atoms with E-state index in [1.165, 1.54) is 57.8 Å². The van der Waals surface area contributed by atoms with Crippen LogP contribution < -0.4 is 0 Å². The molecule has 1 nitrogen and oxygen atoms in total. The fourth-order valence-corrected chi connectivity index (χ4v) is 8.48. The molecule has 0 saturated heterocycles. The Hall–Kier alpha value is -0.300. The molecule has 8 atom stereocenters. The summed E-state index contributed by atoms with van der Waals surface area (Å²) in [6, 6.07) is 0. The highest BCUT2D eigenvalue weighted by Gasteiger charge is 2.55. The smallest absolute Gasteiger partial charge is 0.0543 e. The Labute approximate surface area is 181 Å². The Morgan fingerprint density at radius 1 is 0.931 bits per heavy atom. The number of rotatable bonds is 5. The van der Waals surface area contributed by atoms with Crippen LogP contribution in [0.4, 0.5) is 0 Å². The Bertz CT molecular complexity index is 632. The normalized spacial score (nSPS) is 44.3. The molecule has 1 heteroatoms. The quantitative estimate of drug-likeness (QED) is 0.467. The van der Waals surface area contributed by atoms with Crippen molar-refractivity contribution in [3.05, 3.63) is 11.1 Å². The zero-order chi connectivity index (χ0) is 21.0. The average Bonchev–Trinajstić information content (AvgIpc) is 3.03. The van der Waals surface area contributed by atoms with Crippen molar-refractivity contribution in [1.82, 2.24) is 0 Å². The maximum absolute atomic E-state index is 10.3. The minimum absolute atomic E-state index is 0.0268. The SMILES string of the molecule is CC(C)[C@H](C)CC[C@@H](C)[C@H]1CCC2=C3CC[C@H]4C[C@@H](O)CC[C@]4(C)[C@H]3CC[C@@]21C. The van der Waals surface area contributed by atoms with Gasteiger partial charge in [0.15, 0.2) is 0 Å². The summed E-state index contributed by atoms with van der Waals surface area (Å²) >= 11 is 0. The molecule has 0 radical (unpaired) electrons. The summed E-state index contributed by atoms with van der Waals surface area (Å²) in [6.45, 7) is 15.0. The van der Waals surface area contributed by atoms with Gasteiger partial charge in [-0.15, -0.1) is 0 Å². The number of aliphatic hydroxyl groups excluding tert-OH is 1. The second-order valence-electron chi connectivity index (χ2n) is 12.6. The van der Waals surface area contributed by atoms with E-state index < -0.39 is 0 Å². The molecule has 3 saturated carbocycles. The molecule has 166 valence electrons. The summed E-state index contributed by atoms with van der Waals surface area (Å²) in [5.74, 6) is 5.04. The first kappa shape index (κ1) is 21.9. The number of hydrogen-bond acceptors (Lipinski definition) is 1. The van der Waals surface area contributed by atoms with Crippen LogP contribution in [-0.4, -0.2) is 11.2 Å². The third-order valence-corrected chi connectivity index (χ3v) is 10.9. The van der Waals surface area contributed by atoms with Crippen LogP contribution in [0.15, 0.2) is 11.1 Å². The summed E-state index contributed by atoms with van der Waals surface area (Å²) in [5, 5.41) is 10.3. The van der Waals surface area contributed by atoms with Crippen molar-refractivity contribution in [2.75, 3.05) is 0 Å². The van der Waals surface area contributed by atoms with Gasteiger partial charge in [-0.1, -0.05) is 65.5 Å². The van der Waals surface area contributed by atoms with E-state index in [9.17, 15) is 5.11 Å². The average molecular weight is 401 g/mol. The minimum Gasteiger partial charge on any atom is -0.393 e. The van der Waals surface area contributed by atoms with Gasteiger partial charge >= 0.3 is 0 Å². The van der Waals surface area contributed by atoms with Crippen molar-refractivity contribution in [2.24, 2.45) is 46.3 Å². The molecule has 0 spiro atoms. The van der Waals surface area contributed by atoms with Gasteiger partial charge in [-0.3, -0.25) is 0 Å². The number of allylic oxidation sites excluding steroid dienone is 2. The lowest BCUT2D eigenvalue weighted by Crippen LogP contribution is -2.48. The van der Waals surface area contributed by atoms with E-state index in [0.717, 1.165) is 48.3 Å². The second kappa shape index (κ2) is 7.99. The summed E-state index contributed by atoms with van der Waals surface area (Å²) in [5.41, 5.74) is 4.80. The predicted octanol–water partition coefficient (Wildman–Crippen LogP) is 7.78. The monoisotopic (exact) mass is 400 g/mol. The van der Waals surface area contributed by atoms with Crippen molar-refractivity contribution in [1.29, 1.82) is 0 Å². The van der Waals surface area contributed by atoms with Crippen LogP contribution in [0.3, 0.4) is 0 Å². The zero-order valence-corrected chi connectivity index (χ0v) is 20.3. The van der Waals surface area contributed by atoms with Crippen LogP contribution in [0.25, 0.3) is 0 Å². The third kappa shape index (κ3) is 3.66. The summed E-state index contributed by atoms with van der Waals surface area (Å²) in [4.78, 5) is 0. The van der Waals surface area contributed by atoms with Crippen LogP contribution in [0, 0.1) is 46.3 Å². The summed E-state index contributed by atoms with van der Waals surface area (Å²) in [7, 11) is 0. The van der Waals surface area contributed by atoms with E-state index in [1.807, 2.05) is 11.1 Å². The van der Waals surface area contributed by atoms with Crippen LogP contribution in [0.2, 0.25) is 0 Å². The van der Waals surface area contributed by atoms with E-state index in [1.54, 1.807) is 0 Å². The van der Waals surface area contributed by atoms with Crippen molar-refractivity contribution in [3.63, 3.8) is 0 Å². The molecule has 29 heavy (non-hydrogen) atoms. The van der Waals surface area contributed by atoms with Gasteiger partial charge in [-0.05, 0) is 104 Å². The lowest BCUT2D eigenvalue weighted by Gasteiger charge is -2.56. The van der Waals surface area contributed by atoms with Gasteiger partial charge in [0.1, 0.15) is 0 Å². The second-order valence-corrected chi connectivity index (χ2v) is 12.6. The molecule has 0 amide bonds. The first-order chi connectivity index (χ1) is 13.7. The molecule has 3 fully saturated rings. The summed E-state index contributed by atoms with van der Waals surface area (Å²) < 4.78 is 0. The Balaban J connectivity index is 1.53. The van der Waals surface area contributed by atoms with Crippen LogP contribution in [0.1, 0.15) is 112 Å². The van der Waals surface area contributed by atoms with Gasteiger partial charge in [0.2, 0.25) is 0 Å². The fourth-order valence-electron chi connectivity index (χ4n) is 8.48. The Kier molecular flexibility index (Phi) is 6.04. The van der Waals surface area contributed by atoms with E-state index in [-0.39, 0.29) is 6.10 Å². The molecule has 0 aromatic carbocycles. The maximum atomic E-state index is 10.3. The molecular weight excluding hydrogens is 352 g/mol. The van der Waals surface area contributed by atoms with Gasteiger partial charge < -0.3 is 5.11 Å². The lowest BCUT2D eigenvalue weighted by molar-refractivity contribution is -0.0381. The van der Waals surface area contributed by atoms with Gasteiger partial charge in [-0.25, -0.2) is 0 Å². The molecule has 0 heterocycles. The highest BCUT2D eigenvalue weighted by molar-refractivity contribution is 5.34. The van der Waals surface area contributed by atoms with Gasteiger partial charge in [0.05, 0.1) is 6.10 Å². The first-order valence-electron chi connectivity index (χ1n) is 13.1. The number of hydrogen-bond donors (Lipinski definition) is 1. The van der Waals surface area contributed by atoms with Gasteiger partial charge in [0.25, 0.3) is 0 Å². The molecule has 0 aliphatic heterocycles. The predicted molar refractivity (Wildman–Crippen MR) is 124 cm³/mol. The van der Waals surface area contributed by atoms with Crippen molar-refractivity contribution < 1.29 is 5.11 Å². The molecule has 4 rings (SSSR count). The van der Waals surface area contributed by atoms with E-state index in [2.05, 4.69) is 41.5 Å². The molecule has 4 aliphatic rings. The van der Waals surface area contributed by atoms with E-state index >= 15 is 0 Å². The van der Waals surface area contributed by atoms with Crippen LogP contribution in [-0.2, 0) is 0 Å². The summed E-state index contributed by atoms with van der Waals surface area (Å²) in [6.07, 6.45) is 14.5. The molecule has 0 aromatic rings.